The molecule has 4 nitrogen and oxygen atoms in total. The summed E-state index contributed by atoms with van der Waals surface area (Å²) in [4.78, 5) is 14.5. The van der Waals surface area contributed by atoms with Crippen molar-refractivity contribution < 1.29 is 9.53 Å². The number of nitrogens with one attached hydrogen (secondary N) is 1. The molecule has 4 rings (SSSR count). The molecule has 1 aromatic rings. The molecule has 0 radical (unpaired) electrons. The van der Waals surface area contributed by atoms with Crippen LogP contribution in [0.2, 0.25) is 0 Å². The number of ether oxygens (including phenoxy) is 1. The summed E-state index contributed by atoms with van der Waals surface area (Å²) >= 11 is 3.41. The lowest BCUT2D eigenvalue weighted by Crippen LogP contribution is -2.57. The molecule has 1 saturated heterocycles. The van der Waals surface area contributed by atoms with E-state index in [0.29, 0.717) is 19.1 Å². The van der Waals surface area contributed by atoms with Gasteiger partial charge in [-0.15, -0.1) is 0 Å². The molecule has 2 saturated carbocycles. The van der Waals surface area contributed by atoms with Crippen LogP contribution in [0.3, 0.4) is 0 Å². The first-order valence-electron chi connectivity index (χ1n) is 8.10. The lowest BCUT2D eigenvalue weighted by molar-refractivity contribution is -0.126. The van der Waals surface area contributed by atoms with Gasteiger partial charge in [0.1, 0.15) is 0 Å². The number of carbonyl (C=O) groups excluding carboxylic acids is 1. The van der Waals surface area contributed by atoms with Gasteiger partial charge in [-0.05, 0) is 61.8 Å². The normalized spacial score (nSPS) is 33.4. The van der Waals surface area contributed by atoms with Gasteiger partial charge in [-0.25, -0.2) is 4.79 Å². The molecule has 3 atom stereocenters. The largest absolute Gasteiger partial charge is 0.371 e. The number of anilines is 1. The minimum absolute atomic E-state index is 0.00669. The zero-order valence-corrected chi connectivity index (χ0v) is 14.1. The number of hydrogen-bond acceptors (Lipinski definition) is 2. The average molecular weight is 365 g/mol. The smallest absolute Gasteiger partial charge is 0.322 e. The number of morpholine rings is 1. The molecule has 3 aliphatic rings. The minimum atomic E-state index is -0.0573. The number of nitrogens with zero attached hydrogens (tertiary/aromatic N) is 1. The maximum Gasteiger partial charge on any atom is 0.322 e. The topological polar surface area (TPSA) is 41.6 Å². The quantitative estimate of drug-likeness (QED) is 0.821. The van der Waals surface area contributed by atoms with E-state index in [-0.39, 0.29) is 11.6 Å². The van der Waals surface area contributed by atoms with Crippen LogP contribution in [0.25, 0.3) is 0 Å². The Bertz CT molecular complexity index is 577. The Balaban J connectivity index is 1.44. The summed E-state index contributed by atoms with van der Waals surface area (Å²) in [5.41, 5.74) is 0.778. The molecule has 1 aliphatic heterocycles. The second kappa shape index (κ2) is 5.53. The van der Waals surface area contributed by atoms with Gasteiger partial charge in [0.05, 0.1) is 18.8 Å². The lowest BCUT2D eigenvalue weighted by atomic mass is 9.83. The van der Waals surface area contributed by atoms with Gasteiger partial charge in [-0.2, -0.15) is 0 Å². The van der Waals surface area contributed by atoms with Crippen LogP contribution >= 0.6 is 15.9 Å². The summed E-state index contributed by atoms with van der Waals surface area (Å²) in [5.74, 6) is 1.47. The highest BCUT2D eigenvalue weighted by Gasteiger charge is 2.54. The summed E-state index contributed by atoms with van der Waals surface area (Å²) in [5, 5.41) is 3.00. The van der Waals surface area contributed by atoms with Crippen LogP contribution in [0.4, 0.5) is 10.5 Å². The van der Waals surface area contributed by atoms with Gasteiger partial charge >= 0.3 is 6.03 Å². The first-order chi connectivity index (χ1) is 10.6. The van der Waals surface area contributed by atoms with Crippen molar-refractivity contribution in [2.24, 2.45) is 11.8 Å². The third-order valence-corrected chi connectivity index (χ3v) is 6.04. The summed E-state index contributed by atoms with van der Waals surface area (Å²) in [6.07, 6.45) is 5.05. The highest BCUT2D eigenvalue weighted by Crippen LogP contribution is 2.53. The molecule has 0 unspecified atom stereocenters. The molecule has 2 aliphatic carbocycles. The first kappa shape index (κ1) is 14.5. The second-order valence-corrected chi connectivity index (χ2v) is 7.77. The molecule has 0 aromatic heterocycles. The van der Waals surface area contributed by atoms with Crippen molar-refractivity contribution in [1.29, 1.82) is 0 Å². The van der Waals surface area contributed by atoms with Crippen molar-refractivity contribution >= 4 is 27.6 Å². The van der Waals surface area contributed by atoms with E-state index < -0.39 is 0 Å². The van der Waals surface area contributed by atoms with Crippen molar-refractivity contribution in [2.45, 2.75) is 31.3 Å². The van der Waals surface area contributed by atoms with Crippen molar-refractivity contribution in [3.8, 4) is 0 Å². The first-order valence-corrected chi connectivity index (χ1v) is 8.89. The Kier molecular flexibility index (Phi) is 3.65. The van der Waals surface area contributed by atoms with E-state index >= 15 is 0 Å². The predicted octanol–water partition coefficient (Wildman–Crippen LogP) is 3.87. The second-order valence-electron chi connectivity index (χ2n) is 6.85. The van der Waals surface area contributed by atoms with Gasteiger partial charge < -0.3 is 15.0 Å². The number of rotatable bonds is 1. The highest BCUT2D eigenvalue weighted by atomic mass is 79.9. The number of urea groups is 1. The number of halogens is 1. The Morgan fingerprint density at radius 3 is 2.82 bits per heavy atom. The zero-order chi connectivity index (χ0) is 15.2. The predicted molar refractivity (Wildman–Crippen MR) is 88.9 cm³/mol. The molecule has 2 bridgehead atoms. The van der Waals surface area contributed by atoms with Crippen LogP contribution in [-0.4, -0.2) is 36.2 Å². The van der Waals surface area contributed by atoms with Gasteiger partial charge in [-0.1, -0.05) is 15.9 Å². The molecule has 118 valence electrons. The highest BCUT2D eigenvalue weighted by molar-refractivity contribution is 9.10. The maximum atomic E-state index is 12.5. The lowest BCUT2D eigenvalue weighted by Gasteiger charge is -2.45. The summed E-state index contributed by atoms with van der Waals surface area (Å²) in [7, 11) is 0. The van der Waals surface area contributed by atoms with Crippen molar-refractivity contribution in [1.82, 2.24) is 4.90 Å². The zero-order valence-electron chi connectivity index (χ0n) is 12.6. The fourth-order valence-corrected chi connectivity index (χ4v) is 4.74. The van der Waals surface area contributed by atoms with Crippen LogP contribution in [0.15, 0.2) is 28.7 Å². The van der Waals surface area contributed by atoms with Crippen LogP contribution in [0, 0.1) is 11.8 Å². The van der Waals surface area contributed by atoms with Crippen molar-refractivity contribution in [3.63, 3.8) is 0 Å². The van der Waals surface area contributed by atoms with E-state index in [2.05, 4.69) is 21.2 Å². The minimum Gasteiger partial charge on any atom is -0.371 e. The molecular formula is C17H21BrN2O2. The summed E-state index contributed by atoms with van der Waals surface area (Å²) < 4.78 is 7.19. The van der Waals surface area contributed by atoms with Crippen molar-refractivity contribution in [3.05, 3.63) is 28.7 Å². The SMILES string of the molecule is O=C(Nc1ccc(Br)cc1)N1CCO[C@]2(C[C@H]3CC[C@H]2C3)C1. The fraction of sp³-hybridized carbons (Fsp3) is 0.588. The molecule has 2 amide bonds. The van der Waals surface area contributed by atoms with E-state index in [1.807, 2.05) is 29.2 Å². The van der Waals surface area contributed by atoms with E-state index in [9.17, 15) is 4.79 Å². The fourth-order valence-electron chi connectivity index (χ4n) is 4.48. The number of hydrogen-bond donors (Lipinski definition) is 1. The van der Waals surface area contributed by atoms with Crippen molar-refractivity contribution in [2.75, 3.05) is 25.0 Å². The van der Waals surface area contributed by atoms with Gasteiger partial charge in [0.25, 0.3) is 0 Å². The molecule has 1 N–H and O–H groups in total. The van der Waals surface area contributed by atoms with Crippen LogP contribution in [-0.2, 0) is 4.74 Å². The number of amides is 2. The Morgan fingerprint density at radius 2 is 2.14 bits per heavy atom. The van der Waals surface area contributed by atoms with Gasteiger partial charge in [0.15, 0.2) is 0 Å². The van der Waals surface area contributed by atoms with E-state index in [0.717, 1.165) is 29.0 Å². The molecule has 1 spiro atoms. The Morgan fingerprint density at radius 1 is 1.32 bits per heavy atom. The molecule has 5 heteroatoms. The molecule has 22 heavy (non-hydrogen) atoms. The van der Waals surface area contributed by atoms with Crippen LogP contribution in [0.1, 0.15) is 25.7 Å². The van der Waals surface area contributed by atoms with Gasteiger partial charge in [0.2, 0.25) is 0 Å². The summed E-state index contributed by atoms with van der Waals surface area (Å²) in [6.45, 7) is 2.09. The maximum absolute atomic E-state index is 12.5. The van der Waals surface area contributed by atoms with E-state index in [4.69, 9.17) is 4.74 Å². The third kappa shape index (κ3) is 2.54. The monoisotopic (exact) mass is 364 g/mol. The average Bonchev–Trinajstić information content (AvgIpc) is 3.10. The third-order valence-electron chi connectivity index (χ3n) is 5.51. The Labute approximate surface area is 139 Å². The number of benzene rings is 1. The molecular weight excluding hydrogens is 344 g/mol. The Hall–Kier alpha value is -1.07. The van der Waals surface area contributed by atoms with Crippen LogP contribution in [0.5, 0.6) is 0 Å². The van der Waals surface area contributed by atoms with E-state index in [1.54, 1.807) is 0 Å². The summed E-state index contributed by atoms with van der Waals surface area (Å²) in [6, 6.07) is 7.69. The standard InChI is InChI=1S/C17H21BrN2O2/c18-14-3-5-15(6-4-14)19-16(21)20-7-8-22-17(11-20)10-12-1-2-13(17)9-12/h3-6,12-13H,1-2,7-11H2,(H,19,21)/t12-,13-,17+/m0/s1. The number of fused-ring (bicyclic) bond motifs is 3. The number of carbonyl (C=O) groups is 1. The van der Waals surface area contributed by atoms with Gasteiger partial charge in [-0.3, -0.25) is 0 Å². The van der Waals surface area contributed by atoms with E-state index in [1.165, 1.54) is 19.3 Å². The molecule has 3 fully saturated rings. The van der Waals surface area contributed by atoms with Crippen LogP contribution < -0.4 is 5.32 Å². The van der Waals surface area contributed by atoms with Gasteiger partial charge in [0, 0.05) is 16.7 Å². The molecule has 1 aromatic carbocycles. The molecule has 1 heterocycles.